The van der Waals surface area contributed by atoms with Gasteiger partial charge in [-0.25, -0.2) is 4.39 Å². The number of hydrogen-bond acceptors (Lipinski definition) is 2. The van der Waals surface area contributed by atoms with Crippen LogP contribution in [0.15, 0.2) is 48.5 Å². The molecule has 23 heavy (non-hydrogen) atoms. The molecule has 3 rings (SSSR count). The lowest BCUT2D eigenvalue weighted by atomic mass is 9.76. The second-order valence-corrected chi connectivity index (χ2v) is 6.14. The van der Waals surface area contributed by atoms with E-state index in [9.17, 15) is 9.18 Å². The Kier molecular flexibility index (Phi) is 5.06. The summed E-state index contributed by atoms with van der Waals surface area (Å²) in [5.41, 5.74) is 1.36. The molecule has 2 unspecified atom stereocenters. The summed E-state index contributed by atoms with van der Waals surface area (Å²) >= 11 is 0. The molecule has 2 nitrogen and oxygen atoms in total. The summed E-state index contributed by atoms with van der Waals surface area (Å²) in [6, 6.07) is 15.0. The van der Waals surface area contributed by atoms with E-state index in [1.807, 2.05) is 6.07 Å². The van der Waals surface area contributed by atoms with Gasteiger partial charge in [0.05, 0.1) is 12.2 Å². The quantitative estimate of drug-likeness (QED) is 0.727. The Labute approximate surface area is 136 Å². The third-order valence-electron chi connectivity index (χ3n) is 4.72. The van der Waals surface area contributed by atoms with Gasteiger partial charge < -0.3 is 4.74 Å². The van der Waals surface area contributed by atoms with E-state index in [4.69, 9.17) is 4.74 Å². The highest BCUT2D eigenvalue weighted by Crippen LogP contribution is 2.38. The number of carbonyl (C=O) groups is 1. The largest absolute Gasteiger partial charge is 0.492 e. The minimum Gasteiger partial charge on any atom is -0.492 e. The van der Waals surface area contributed by atoms with Crippen LogP contribution in [-0.4, -0.2) is 12.9 Å². The van der Waals surface area contributed by atoms with Gasteiger partial charge in [0.2, 0.25) is 0 Å². The average molecular weight is 312 g/mol. The van der Waals surface area contributed by atoms with E-state index < -0.39 is 5.82 Å². The summed E-state index contributed by atoms with van der Waals surface area (Å²) in [5, 5.41) is 0. The molecular weight excluding hydrogens is 291 g/mol. The first-order valence-corrected chi connectivity index (χ1v) is 8.21. The van der Waals surface area contributed by atoms with Crippen molar-refractivity contribution >= 4 is 6.29 Å². The van der Waals surface area contributed by atoms with Crippen LogP contribution in [0.1, 0.15) is 47.5 Å². The van der Waals surface area contributed by atoms with Gasteiger partial charge in [0, 0.05) is 0 Å². The normalized spacial score (nSPS) is 20.9. The van der Waals surface area contributed by atoms with Crippen molar-refractivity contribution in [2.75, 3.05) is 6.61 Å². The SMILES string of the molecule is O=Cc1c(F)cccc1OCC1CCCCC1c1ccccc1. The van der Waals surface area contributed by atoms with E-state index in [0.29, 0.717) is 30.5 Å². The maximum absolute atomic E-state index is 13.6. The fraction of sp³-hybridized carbons (Fsp3) is 0.350. The molecule has 1 saturated carbocycles. The van der Waals surface area contributed by atoms with Gasteiger partial charge in [-0.15, -0.1) is 0 Å². The highest BCUT2D eigenvalue weighted by Gasteiger charge is 2.27. The molecule has 2 atom stereocenters. The molecule has 0 heterocycles. The van der Waals surface area contributed by atoms with Crippen molar-refractivity contribution in [1.29, 1.82) is 0 Å². The predicted molar refractivity (Wildman–Crippen MR) is 88.4 cm³/mol. The summed E-state index contributed by atoms with van der Waals surface area (Å²) in [6.07, 6.45) is 5.21. The second kappa shape index (κ2) is 7.40. The van der Waals surface area contributed by atoms with E-state index in [-0.39, 0.29) is 5.56 Å². The van der Waals surface area contributed by atoms with Gasteiger partial charge in [0.15, 0.2) is 6.29 Å². The van der Waals surface area contributed by atoms with E-state index in [1.165, 1.54) is 24.5 Å². The highest BCUT2D eigenvalue weighted by molar-refractivity contribution is 5.79. The molecule has 0 amide bonds. The van der Waals surface area contributed by atoms with Crippen molar-refractivity contribution in [2.45, 2.75) is 31.6 Å². The van der Waals surface area contributed by atoms with Crippen LogP contribution in [0.3, 0.4) is 0 Å². The molecule has 0 radical (unpaired) electrons. The Balaban J connectivity index is 1.73. The van der Waals surface area contributed by atoms with Crippen LogP contribution >= 0.6 is 0 Å². The number of carbonyl (C=O) groups excluding carboxylic acids is 1. The van der Waals surface area contributed by atoms with Crippen molar-refractivity contribution in [1.82, 2.24) is 0 Å². The Morgan fingerprint density at radius 3 is 2.61 bits per heavy atom. The molecule has 120 valence electrons. The van der Waals surface area contributed by atoms with Gasteiger partial charge in [-0.2, -0.15) is 0 Å². The third kappa shape index (κ3) is 3.61. The standard InChI is InChI=1S/C20H21FO2/c21-19-11-6-12-20(18(19)13-22)23-14-16-9-4-5-10-17(16)15-7-2-1-3-8-15/h1-3,6-8,11-13,16-17H,4-5,9-10,14H2. The first-order chi connectivity index (χ1) is 11.3. The topological polar surface area (TPSA) is 26.3 Å². The molecule has 0 spiro atoms. The predicted octanol–water partition coefficient (Wildman–Crippen LogP) is 4.99. The summed E-state index contributed by atoms with van der Waals surface area (Å²) in [7, 11) is 0. The first-order valence-electron chi connectivity index (χ1n) is 8.21. The molecule has 1 fully saturated rings. The van der Waals surface area contributed by atoms with Crippen molar-refractivity contribution in [2.24, 2.45) is 5.92 Å². The Morgan fingerprint density at radius 2 is 1.83 bits per heavy atom. The van der Waals surface area contributed by atoms with Gasteiger partial charge in [-0.05, 0) is 42.4 Å². The second-order valence-electron chi connectivity index (χ2n) is 6.14. The minimum atomic E-state index is -0.527. The molecule has 0 bridgehead atoms. The van der Waals surface area contributed by atoms with Gasteiger partial charge in [-0.3, -0.25) is 4.79 Å². The minimum absolute atomic E-state index is 0.0135. The maximum atomic E-state index is 13.6. The molecule has 0 saturated heterocycles. The Morgan fingerprint density at radius 1 is 1.04 bits per heavy atom. The first kappa shape index (κ1) is 15.7. The van der Waals surface area contributed by atoms with Crippen LogP contribution in [0.25, 0.3) is 0 Å². The van der Waals surface area contributed by atoms with Crippen molar-refractivity contribution in [3.63, 3.8) is 0 Å². The number of benzene rings is 2. The van der Waals surface area contributed by atoms with E-state index in [0.717, 1.165) is 12.8 Å². The molecule has 0 aliphatic heterocycles. The monoisotopic (exact) mass is 312 g/mol. The van der Waals surface area contributed by atoms with Crippen molar-refractivity contribution in [3.05, 3.63) is 65.5 Å². The molecule has 0 aromatic heterocycles. The van der Waals surface area contributed by atoms with Crippen LogP contribution in [0.2, 0.25) is 0 Å². The van der Waals surface area contributed by atoms with Crippen LogP contribution in [0, 0.1) is 11.7 Å². The van der Waals surface area contributed by atoms with Gasteiger partial charge in [0.1, 0.15) is 11.6 Å². The van der Waals surface area contributed by atoms with Gasteiger partial charge >= 0.3 is 0 Å². The molecule has 1 aliphatic carbocycles. The molecule has 0 N–H and O–H groups in total. The van der Waals surface area contributed by atoms with E-state index in [1.54, 1.807) is 12.1 Å². The zero-order chi connectivity index (χ0) is 16.1. The van der Waals surface area contributed by atoms with E-state index >= 15 is 0 Å². The smallest absolute Gasteiger partial charge is 0.156 e. The number of aldehydes is 1. The van der Waals surface area contributed by atoms with Crippen LogP contribution in [0.4, 0.5) is 4.39 Å². The molecule has 2 aromatic carbocycles. The lowest BCUT2D eigenvalue weighted by molar-refractivity contribution is 0.111. The van der Waals surface area contributed by atoms with Crippen molar-refractivity contribution in [3.8, 4) is 5.75 Å². The molecular formula is C20H21FO2. The highest BCUT2D eigenvalue weighted by atomic mass is 19.1. The van der Waals surface area contributed by atoms with E-state index in [2.05, 4.69) is 24.3 Å². The van der Waals surface area contributed by atoms with Crippen LogP contribution in [0.5, 0.6) is 5.75 Å². The van der Waals surface area contributed by atoms with Crippen molar-refractivity contribution < 1.29 is 13.9 Å². The number of halogens is 1. The van der Waals surface area contributed by atoms with Crippen LogP contribution < -0.4 is 4.74 Å². The zero-order valence-electron chi connectivity index (χ0n) is 13.1. The third-order valence-corrected chi connectivity index (χ3v) is 4.72. The number of rotatable bonds is 5. The van der Waals surface area contributed by atoms with Gasteiger partial charge in [-0.1, -0.05) is 49.2 Å². The Hall–Kier alpha value is -2.16. The summed E-state index contributed by atoms with van der Waals surface area (Å²) in [4.78, 5) is 11.1. The summed E-state index contributed by atoms with van der Waals surface area (Å²) in [5.74, 6) is 0.685. The fourth-order valence-electron chi connectivity index (χ4n) is 3.50. The average Bonchev–Trinajstić information content (AvgIpc) is 2.61. The van der Waals surface area contributed by atoms with Gasteiger partial charge in [0.25, 0.3) is 0 Å². The lowest BCUT2D eigenvalue weighted by Gasteiger charge is -2.32. The number of ether oxygens (including phenoxy) is 1. The van der Waals surface area contributed by atoms with Crippen LogP contribution in [-0.2, 0) is 0 Å². The molecule has 1 aliphatic rings. The Bertz CT molecular complexity index is 654. The summed E-state index contributed by atoms with van der Waals surface area (Å²) < 4.78 is 19.5. The summed E-state index contributed by atoms with van der Waals surface area (Å²) in [6.45, 7) is 0.518. The number of hydrogen-bond donors (Lipinski definition) is 0. The lowest BCUT2D eigenvalue weighted by Crippen LogP contribution is -2.24. The molecule has 3 heteroatoms. The maximum Gasteiger partial charge on any atom is 0.156 e. The molecule has 2 aromatic rings. The zero-order valence-corrected chi connectivity index (χ0v) is 13.1. The fourth-order valence-corrected chi connectivity index (χ4v) is 3.50.